The third kappa shape index (κ3) is 2.17. The van der Waals surface area contributed by atoms with E-state index >= 15 is 0 Å². The van der Waals surface area contributed by atoms with Crippen LogP contribution >= 0.6 is 11.6 Å². The standard InChI is InChI=1S/C12H12ClN3O/c1-14-10-7-15-16(2)12(17)11(10)8-3-5-9(13)6-4-8/h3-7,14H,1-2H3. The van der Waals surface area contributed by atoms with Crippen LogP contribution < -0.4 is 10.9 Å². The molecule has 1 heterocycles. The Labute approximate surface area is 104 Å². The highest BCUT2D eigenvalue weighted by atomic mass is 35.5. The van der Waals surface area contributed by atoms with Crippen LogP contribution in [0.1, 0.15) is 0 Å². The lowest BCUT2D eigenvalue weighted by molar-refractivity contribution is 0.710. The summed E-state index contributed by atoms with van der Waals surface area (Å²) in [5.74, 6) is 0. The number of rotatable bonds is 2. The van der Waals surface area contributed by atoms with Crippen LogP contribution in [0.3, 0.4) is 0 Å². The molecule has 0 saturated carbocycles. The van der Waals surface area contributed by atoms with Gasteiger partial charge in [-0.25, -0.2) is 4.68 Å². The first-order valence-electron chi connectivity index (χ1n) is 5.13. The second kappa shape index (κ2) is 4.59. The fourth-order valence-corrected chi connectivity index (χ4v) is 1.75. The van der Waals surface area contributed by atoms with Gasteiger partial charge in [0.1, 0.15) is 0 Å². The Morgan fingerprint density at radius 1 is 1.29 bits per heavy atom. The minimum atomic E-state index is -0.140. The van der Waals surface area contributed by atoms with Gasteiger partial charge in [0, 0.05) is 19.1 Å². The second-order valence-corrected chi connectivity index (χ2v) is 4.06. The van der Waals surface area contributed by atoms with Gasteiger partial charge < -0.3 is 5.32 Å². The molecule has 0 fully saturated rings. The maximum atomic E-state index is 12.1. The Hall–Kier alpha value is -1.81. The minimum absolute atomic E-state index is 0.140. The van der Waals surface area contributed by atoms with Gasteiger partial charge >= 0.3 is 0 Å². The predicted molar refractivity (Wildman–Crippen MR) is 69.5 cm³/mol. The maximum Gasteiger partial charge on any atom is 0.276 e. The van der Waals surface area contributed by atoms with Gasteiger partial charge in [0.25, 0.3) is 5.56 Å². The zero-order chi connectivity index (χ0) is 12.4. The largest absolute Gasteiger partial charge is 0.386 e. The maximum absolute atomic E-state index is 12.1. The van der Waals surface area contributed by atoms with Crippen molar-refractivity contribution in [3.8, 4) is 11.1 Å². The van der Waals surface area contributed by atoms with Crippen molar-refractivity contribution in [2.45, 2.75) is 0 Å². The number of nitrogens with zero attached hydrogens (tertiary/aromatic N) is 2. The molecule has 5 heteroatoms. The molecular formula is C12H12ClN3O. The van der Waals surface area contributed by atoms with E-state index in [9.17, 15) is 4.79 Å². The first kappa shape index (κ1) is 11.7. The third-order valence-corrected chi connectivity index (χ3v) is 2.79. The molecule has 0 aliphatic rings. The van der Waals surface area contributed by atoms with E-state index in [1.807, 2.05) is 12.1 Å². The zero-order valence-electron chi connectivity index (χ0n) is 9.57. The molecule has 88 valence electrons. The summed E-state index contributed by atoms with van der Waals surface area (Å²) in [5, 5.41) is 7.58. The van der Waals surface area contributed by atoms with Crippen molar-refractivity contribution in [3.05, 3.63) is 45.8 Å². The van der Waals surface area contributed by atoms with Crippen LogP contribution in [-0.4, -0.2) is 16.8 Å². The van der Waals surface area contributed by atoms with Crippen molar-refractivity contribution >= 4 is 17.3 Å². The molecule has 2 rings (SSSR count). The molecule has 0 saturated heterocycles. The molecule has 4 nitrogen and oxygen atoms in total. The van der Waals surface area contributed by atoms with Crippen LogP contribution in [0, 0.1) is 0 Å². The lowest BCUT2D eigenvalue weighted by Gasteiger charge is -2.09. The van der Waals surface area contributed by atoms with Crippen molar-refractivity contribution in [1.29, 1.82) is 0 Å². The number of hydrogen-bond acceptors (Lipinski definition) is 3. The number of aryl methyl sites for hydroxylation is 1. The van der Waals surface area contributed by atoms with Crippen LogP contribution in [0.25, 0.3) is 11.1 Å². The fraction of sp³-hybridized carbons (Fsp3) is 0.167. The number of anilines is 1. The molecule has 17 heavy (non-hydrogen) atoms. The number of hydrogen-bond donors (Lipinski definition) is 1. The average Bonchev–Trinajstić information content (AvgIpc) is 2.34. The van der Waals surface area contributed by atoms with Crippen molar-refractivity contribution in [3.63, 3.8) is 0 Å². The molecule has 1 aromatic heterocycles. The lowest BCUT2D eigenvalue weighted by atomic mass is 10.1. The van der Waals surface area contributed by atoms with Crippen LogP contribution in [0.2, 0.25) is 5.02 Å². The summed E-state index contributed by atoms with van der Waals surface area (Å²) in [6.07, 6.45) is 1.63. The lowest BCUT2D eigenvalue weighted by Crippen LogP contribution is -2.22. The Morgan fingerprint density at radius 2 is 1.94 bits per heavy atom. The third-order valence-electron chi connectivity index (χ3n) is 2.54. The molecule has 1 aromatic carbocycles. The van der Waals surface area contributed by atoms with Crippen LogP contribution in [0.5, 0.6) is 0 Å². The van der Waals surface area contributed by atoms with E-state index in [0.29, 0.717) is 16.3 Å². The summed E-state index contributed by atoms with van der Waals surface area (Å²) in [6, 6.07) is 7.16. The van der Waals surface area contributed by atoms with E-state index in [1.54, 1.807) is 32.4 Å². The number of halogens is 1. The first-order chi connectivity index (χ1) is 8.13. The molecular weight excluding hydrogens is 238 g/mol. The molecule has 0 aliphatic heterocycles. The molecule has 0 aliphatic carbocycles. The van der Waals surface area contributed by atoms with Crippen LogP contribution in [0.4, 0.5) is 5.69 Å². The van der Waals surface area contributed by atoms with E-state index in [1.165, 1.54) is 4.68 Å². The molecule has 0 spiro atoms. The molecule has 0 atom stereocenters. The normalized spacial score (nSPS) is 10.3. The van der Waals surface area contributed by atoms with E-state index in [4.69, 9.17) is 11.6 Å². The quantitative estimate of drug-likeness (QED) is 0.887. The van der Waals surface area contributed by atoms with Gasteiger partial charge in [-0.1, -0.05) is 23.7 Å². The van der Waals surface area contributed by atoms with Crippen molar-refractivity contribution in [2.75, 3.05) is 12.4 Å². The Kier molecular flexibility index (Phi) is 3.15. The van der Waals surface area contributed by atoms with Gasteiger partial charge in [0.15, 0.2) is 0 Å². The van der Waals surface area contributed by atoms with E-state index < -0.39 is 0 Å². The highest BCUT2D eigenvalue weighted by Gasteiger charge is 2.10. The monoisotopic (exact) mass is 249 g/mol. The minimum Gasteiger partial charge on any atom is -0.386 e. The van der Waals surface area contributed by atoms with Crippen molar-refractivity contribution < 1.29 is 0 Å². The first-order valence-corrected chi connectivity index (χ1v) is 5.51. The average molecular weight is 250 g/mol. The number of nitrogens with one attached hydrogen (secondary N) is 1. The Morgan fingerprint density at radius 3 is 2.53 bits per heavy atom. The summed E-state index contributed by atoms with van der Waals surface area (Å²) in [5.41, 5.74) is 1.98. The molecule has 2 aromatic rings. The predicted octanol–water partition coefficient (Wildman–Crippen LogP) is 2.14. The number of aromatic nitrogens is 2. The highest BCUT2D eigenvalue weighted by Crippen LogP contribution is 2.24. The van der Waals surface area contributed by atoms with Crippen molar-refractivity contribution in [1.82, 2.24) is 9.78 Å². The molecule has 0 amide bonds. The SMILES string of the molecule is CNc1cnn(C)c(=O)c1-c1ccc(Cl)cc1. The van der Waals surface area contributed by atoms with Gasteiger partial charge in [-0.3, -0.25) is 4.79 Å². The highest BCUT2D eigenvalue weighted by molar-refractivity contribution is 6.30. The summed E-state index contributed by atoms with van der Waals surface area (Å²) < 4.78 is 1.31. The number of benzene rings is 1. The van der Waals surface area contributed by atoms with Gasteiger partial charge in [-0.05, 0) is 17.7 Å². The summed E-state index contributed by atoms with van der Waals surface area (Å²) in [6.45, 7) is 0. The zero-order valence-corrected chi connectivity index (χ0v) is 10.3. The topological polar surface area (TPSA) is 46.9 Å². The Bertz CT molecular complexity index is 590. The fourth-order valence-electron chi connectivity index (χ4n) is 1.62. The van der Waals surface area contributed by atoms with Gasteiger partial charge in [-0.2, -0.15) is 5.10 Å². The second-order valence-electron chi connectivity index (χ2n) is 3.62. The summed E-state index contributed by atoms with van der Waals surface area (Å²) in [7, 11) is 3.39. The molecule has 0 radical (unpaired) electrons. The van der Waals surface area contributed by atoms with Gasteiger partial charge in [-0.15, -0.1) is 0 Å². The molecule has 0 unspecified atom stereocenters. The van der Waals surface area contributed by atoms with E-state index in [-0.39, 0.29) is 5.56 Å². The van der Waals surface area contributed by atoms with Gasteiger partial charge in [0.05, 0.1) is 17.4 Å². The molecule has 1 N–H and O–H groups in total. The summed E-state index contributed by atoms with van der Waals surface area (Å²) in [4.78, 5) is 12.1. The Balaban J connectivity index is 2.69. The van der Waals surface area contributed by atoms with Crippen LogP contribution in [-0.2, 0) is 7.05 Å². The summed E-state index contributed by atoms with van der Waals surface area (Å²) >= 11 is 5.83. The molecule has 0 bridgehead atoms. The van der Waals surface area contributed by atoms with E-state index in [2.05, 4.69) is 10.4 Å². The van der Waals surface area contributed by atoms with Gasteiger partial charge in [0.2, 0.25) is 0 Å². The van der Waals surface area contributed by atoms with Crippen LogP contribution in [0.15, 0.2) is 35.3 Å². The van der Waals surface area contributed by atoms with E-state index in [0.717, 1.165) is 5.56 Å². The van der Waals surface area contributed by atoms with Crippen molar-refractivity contribution in [2.24, 2.45) is 7.05 Å². The smallest absolute Gasteiger partial charge is 0.276 e.